The van der Waals surface area contributed by atoms with Gasteiger partial charge in [-0.3, -0.25) is 4.79 Å². The summed E-state index contributed by atoms with van der Waals surface area (Å²) in [7, 11) is 0. The average molecular weight is 429 g/mol. The SMILES string of the molecule is O=c1[nH]cc(-c2ccc(OCC(F)(F)F)cc2)cc1-c1ccnn1-c1ccccc1F. The molecule has 2 heterocycles. The number of aromatic amines is 1. The van der Waals surface area contributed by atoms with Crippen molar-refractivity contribution >= 4 is 0 Å². The summed E-state index contributed by atoms with van der Waals surface area (Å²) in [6.45, 7) is -1.38. The van der Waals surface area contributed by atoms with E-state index in [1.165, 1.54) is 35.3 Å². The van der Waals surface area contributed by atoms with Crippen molar-refractivity contribution < 1.29 is 22.3 Å². The van der Waals surface area contributed by atoms with E-state index in [1.54, 1.807) is 42.5 Å². The number of pyridine rings is 1. The molecule has 31 heavy (non-hydrogen) atoms. The van der Waals surface area contributed by atoms with Crippen LogP contribution in [0.3, 0.4) is 0 Å². The molecule has 0 radical (unpaired) electrons. The van der Waals surface area contributed by atoms with Gasteiger partial charge >= 0.3 is 6.18 Å². The van der Waals surface area contributed by atoms with Gasteiger partial charge < -0.3 is 9.72 Å². The van der Waals surface area contributed by atoms with Crippen LogP contribution in [0.5, 0.6) is 5.75 Å². The molecule has 5 nitrogen and oxygen atoms in total. The number of H-pyrrole nitrogens is 1. The van der Waals surface area contributed by atoms with Crippen LogP contribution in [0.15, 0.2) is 77.9 Å². The number of hydrogen-bond donors (Lipinski definition) is 1. The van der Waals surface area contributed by atoms with Crippen LogP contribution in [0.4, 0.5) is 17.6 Å². The van der Waals surface area contributed by atoms with Crippen molar-refractivity contribution in [2.45, 2.75) is 6.18 Å². The van der Waals surface area contributed by atoms with Crippen LogP contribution in [-0.2, 0) is 0 Å². The van der Waals surface area contributed by atoms with Crippen LogP contribution in [0.1, 0.15) is 0 Å². The van der Waals surface area contributed by atoms with Crippen molar-refractivity contribution in [3.8, 4) is 33.8 Å². The molecule has 0 saturated heterocycles. The Morgan fingerprint density at radius 1 is 1.00 bits per heavy atom. The second-order valence-corrected chi connectivity index (χ2v) is 6.64. The monoisotopic (exact) mass is 429 g/mol. The number of benzene rings is 2. The van der Waals surface area contributed by atoms with Crippen LogP contribution in [0, 0.1) is 5.82 Å². The van der Waals surface area contributed by atoms with Gasteiger partial charge in [-0.1, -0.05) is 24.3 Å². The van der Waals surface area contributed by atoms with Crippen molar-refractivity contribution in [2.75, 3.05) is 6.61 Å². The molecule has 0 amide bonds. The first-order valence-corrected chi connectivity index (χ1v) is 9.14. The summed E-state index contributed by atoms with van der Waals surface area (Å²) in [5.41, 5.74) is 1.70. The Balaban J connectivity index is 1.68. The minimum Gasteiger partial charge on any atom is -0.484 e. The van der Waals surface area contributed by atoms with Gasteiger partial charge in [0.15, 0.2) is 6.61 Å². The van der Waals surface area contributed by atoms with Crippen molar-refractivity contribution in [3.05, 3.63) is 89.2 Å². The summed E-state index contributed by atoms with van der Waals surface area (Å²) in [5.74, 6) is -0.419. The summed E-state index contributed by atoms with van der Waals surface area (Å²) < 4.78 is 57.2. The Kier molecular flexibility index (Phi) is 5.33. The average Bonchev–Trinajstić information content (AvgIpc) is 3.22. The van der Waals surface area contributed by atoms with Crippen LogP contribution in [-0.4, -0.2) is 27.5 Å². The van der Waals surface area contributed by atoms with Gasteiger partial charge in [0.05, 0.1) is 17.5 Å². The van der Waals surface area contributed by atoms with Gasteiger partial charge in [0.2, 0.25) is 0 Å². The molecule has 0 saturated carbocycles. The maximum Gasteiger partial charge on any atom is 0.422 e. The van der Waals surface area contributed by atoms with Crippen molar-refractivity contribution in [2.24, 2.45) is 0 Å². The smallest absolute Gasteiger partial charge is 0.422 e. The van der Waals surface area contributed by atoms with Crippen molar-refractivity contribution in [1.29, 1.82) is 0 Å². The molecule has 0 aliphatic rings. The molecule has 9 heteroatoms. The highest BCUT2D eigenvalue weighted by Crippen LogP contribution is 2.27. The third-order valence-corrected chi connectivity index (χ3v) is 4.49. The molecule has 0 atom stereocenters. The molecular formula is C22H15F4N3O2. The van der Waals surface area contributed by atoms with E-state index in [2.05, 4.69) is 10.1 Å². The summed E-state index contributed by atoms with van der Waals surface area (Å²) in [6, 6.07) is 15.2. The maximum absolute atomic E-state index is 14.2. The van der Waals surface area contributed by atoms with E-state index in [0.717, 1.165) is 0 Å². The summed E-state index contributed by atoms with van der Waals surface area (Å²) in [5, 5.41) is 4.13. The quantitative estimate of drug-likeness (QED) is 0.456. The molecule has 4 aromatic rings. The first-order valence-electron chi connectivity index (χ1n) is 9.14. The molecule has 2 aromatic heterocycles. The summed E-state index contributed by atoms with van der Waals surface area (Å²) >= 11 is 0. The Hall–Kier alpha value is -3.88. The fourth-order valence-corrected chi connectivity index (χ4v) is 3.07. The molecule has 2 aromatic carbocycles. The van der Waals surface area contributed by atoms with E-state index in [4.69, 9.17) is 4.74 Å². The van der Waals surface area contributed by atoms with E-state index in [1.807, 2.05) is 0 Å². The molecule has 158 valence electrons. The molecule has 0 bridgehead atoms. The number of halogens is 4. The lowest BCUT2D eigenvalue weighted by molar-refractivity contribution is -0.153. The van der Waals surface area contributed by atoms with Gasteiger partial charge in [0.1, 0.15) is 17.3 Å². The fraction of sp³-hybridized carbons (Fsp3) is 0.0909. The van der Waals surface area contributed by atoms with Crippen LogP contribution in [0.2, 0.25) is 0 Å². The van der Waals surface area contributed by atoms with Gasteiger partial charge in [-0.2, -0.15) is 18.3 Å². The second-order valence-electron chi connectivity index (χ2n) is 6.64. The Morgan fingerprint density at radius 3 is 2.45 bits per heavy atom. The number of para-hydroxylation sites is 1. The molecule has 0 fully saturated rings. The number of rotatable bonds is 5. The minimum atomic E-state index is -4.42. The largest absolute Gasteiger partial charge is 0.484 e. The molecular weight excluding hydrogens is 414 g/mol. The highest BCUT2D eigenvalue weighted by atomic mass is 19.4. The fourth-order valence-electron chi connectivity index (χ4n) is 3.07. The molecule has 4 rings (SSSR count). The molecule has 0 aliphatic heterocycles. The zero-order valence-corrected chi connectivity index (χ0v) is 15.9. The Morgan fingerprint density at radius 2 is 1.74 bits per heavy atom. The molecule has 0 unspecified atom stereocenters. The molecule has 0 spiro atoms. The number of nitrogens with one attached hydrogen (secondary N) is 1. The highest BCUT2D eigenvalue weighted by Gasteiger charge is 2.28. The zero-order chi connectivity index (χ0) is 22.0. The lowest BCUT2D eigenvalue weighted by atomic mass is 10.0. The van der Waals surface area contributed by atoms with Crippen molar-refractivity contribution in [3.63, 3.8) is 0 Å². The number of aromatic nitrogens is 3. The van der Waals surface area contributed by atoms with Gasteiger partial charge in [-0.05, 0) is 47.5 Å². The van der Waals surface area contributed by atoms with Gasteiger partial charge in [0.25, 0.3) is 5.56 Å². The van der Waals surface area contributed by atoms with Gasteiger partial charge in [-0.25, -0.2) is 9.07 Å². The lowest BCUT2D eigenvalue weighted by Gasteiger charge is -2.11. The number of nitrogens with zero attached hydrogens (tertiary/aromatic N) is 2. The second kappa shape index (κ2) is 8.10. The van der Waals surface area contributed by atoms with E-state index < -0.39 is 24.2 Å². The summed E-state index contributed by atoms with van der Waals surface area (Å²) in [4.78, 5) is 15.1. The molecule has 0 aliphatic carbocycles. The predicted octanol–water partition coefficient (Wildman–Crippen LogP) is 4.97. The third-order valence-electron chi connectivity index (χ3n) is 4.49. The lowest BCUT2D eigenvalue weighted by Crippen LogP contribution is -2.19. The van der Waals surface area contributed by atoms with Crippen LogP contribution < -0.4 is 10.3 Å². The van der Waals surface area contributed by atoms with Crippen LogP contribution in [0.25, 0.3) is 28.1 Å². The topological polar surface area (TPSA) is 59.9 Å². The predicted molar refractivity (Wildman–Crippen MR) is 107 cm³/mol. The van der Waals surface area contributed by atoms with Gasteiger partial charge in [0, 0.05) is 6.20 Å². The zero-order valence-electron chi connectivity index (χ0n) is 15.9. The van der Waals surface area contributed by atoms with E-state index in [0.29, 0.717) is 16.8 Å². The first kappa shape index (κ1) is 20.4. The van der Waals surface area contributed by atoms with E-state index in [9.17, 15) is 22.4 Å². The Bertz CT molecular complexity index is 1260. The van der Waals surface area contributed by atoms with E-state index in [-0.39, 0.29) is 17.0 Å². The molecule has 1 N–H and O–H groups in total. The maximum atomic E-state index is 14.2. The third kappa shape index (κ3) is 4.50. The number of hydrogen-bond acceptors (Lipinski definition) is 3. The minimum absolute atomic E-state index is 0.0725. The Labute approximate surface area is 173 Å². The number of ether oxygens (including phenoxy) is 1. The summed E-state index contributed by atoms with van der Waals surface area (Å²) in [6.07, 6.45) is -1.48. The standard InChI is InChI=1S/C22H15F4N3O2/c23-18-3-1-2-4-20(18)29-19(9-10-28-29)17-11-15(12-27-21(17)30)14-5-7-16(8-6-14)31-13-22(24,25)26/h1-12H,13H2,(H,27,30). The van der Waals surface area contributed by atoms with Crippen LogP contribution >= 0.6 is 0 Å². The highest BCUT2D eigenvalue weighted by molar-refractivity contribution is 5.71. The van der Waals surface area contributed by atoms with Crippen molar-refractivity contribution in [1.82, 2.24) is 14.8 Å². The normalized spacial score (nSPS) is 11.5. The first-order chi connectivity index (χ1) is 14.8. The van der Waals surface area contributed by atoms with Gasteiger partial charge in [-0.15, -0.1) is 0 Å². The number of alkyl halides is 3. The van der Waals surface area contributed by atoms with E-state index >= 15 is 0 Å².